The molecule has 1 aromatic carbocycles. The van der Waals surface area contributed by atoms with E-state index in [2.05, 4.69) is 39.1 Å². The molecule has 0 unspecified atom stereocenters. The lowest BCUT2D eigenvalue weighted by atomic mass is 9.87. The van der Waals surface area contributed by atoms with E-state index in [0.717, 1.165) is 0 Å². The summed E-state index contributed by atoms with van der Waals surface area (Å²) in [6.07, 6.45) is 0. The molecule has 0 aliphatic rings. The first-order valence-electron chi connectivity index (χ1n) is 4.47. The van der Waals surface area contributed by atoms with Gasteiger partial charge < -0.3 is 10.5 Å². The smallest absolute Gasteiger partial charge is 0.259 e. The third kappa shape index (κ3) is 3.00. The van der Waals surface area contributed by atoms with E-state index in [1.165, 1.54) is 5.56 Å². The fourth-order valence-corrected chi connectivity index (χ4v) is 1.24. The SMILES string of the molecule is CC(C)(C)c1cccc(OC(N)=S)c1. The molecule has 2 nitrogen and oxygen atoms in total. The normalized spacial score (nSPS) is 11.1. The number of hydrogen-bond acceptors (Lipinski definition) is 2. The van der Waals surface area contributed by atoms with Crippen LogP contribution in [0, 0.1) is 0 Å². The molecule has 0 spiro atoms. The topological polar surface area (TPSA) is 35.2 Å². The number of benzene rings is 1. The Morgan fingerprint density at radius 3 is 2.50 bits per heavy atom. The van der Waals surface area contributed by atoms with Crippen LogP contribution >= 0.6 is 12.2 Å². The minimum absolute atomic E-state index is 0.0519. The van der Waals surface area contributed by atoms with Gasteiger partial charge in [-0.15, -0.1) is 0 Å². The molecule has 0 aliphatic heterocycles. The van der Waals surface area contributed by atoms with Crippen LogP contribution in [0.1, 0.15) is 26.3 Å². The van der Waals surface area contributed by atoms with Crippen LogP contribution in [-0.4, -0.2) is 5.17 Å². The molecule has 1 rings (SSSR count). The lowest BCUT2D eigenvalue weighted by molar-refractivity contribution is 0.545. The highest BCUT2D eigenvalue weighted by Crippen LogP contribution is 2.25. The van der Waals surface area contributed by atoms with Gasteiger partial charge in [0.25, 0.3) is 5.17 Å². The standard InChI is InChI=1S/C11H15NOS/c1-11(2,3)8-5-4-6-9(7-8)13-10(12)14/h4-7H,1-3H3,(H2,12,14). The minimum atomic E-state index is 0.0519. The maximum absolute atomic E-state index is 5.29. The molecule has 0 radical (unpaired) electrons. The van der Waals surface area contributed by atoms with Crippen molar-refractivity contribution in [2.45, 2.75) is 26.2 Å². The van der Waals surface area contributed by atoms with Gasteiger partial charge in [-0.25, -0.2) is 0 Å². The van der Waals surface area contributed by atoms with Crippen LogP contribution in [0.25, 0.3) is 0 Å². The summed E-state index contributed by atoms with van der Waals surface area (Å²) in [5.74, 6) is 0.699. The van der Waals surface area contributed by atoms with Crippen molar-refractivity contribution in [3.05, 3.63) is 29.8 Å². The van der Waals surface area contributed by atoms with Gasteiger partial charge in [0, 0.05) is 0 Å². The van der Waals surface area contributed by atoms with Crippen LogP contribution in [0.15, 0.2) is 24.3 Å². The van der Waals surface area contributed by atoms with Crippen molar-refractivity contribution in [3.63, 3.8) is 0 Å². The van der Waals surface area contributed by atoms with Gasteiger partial charge in [0.05, 0.1) is 0 Å². The highest BCUT2D eigenvalue weighted by molar-refractivity contribution is 7.80. The average molecular weight is 209 g/mol. The Bertz CT molecular complexity index is 341. The summed E-state index contributed by atoms with van der Waals surface area (Å²) in [4.78, 5) is 0. The van der Waals surface area contributed by atoms with Crippen molar-refractivity contribution >= 4 is 17.4 Å². The van der Waals surface area contributed by atoms with Crippen LogP contribution in [-0.2, 0) is 5.41 Å². The molecule has 2 N–H and O–H groups in total. The van der Waals surface area contributed by atoms with Crippen LogP contribution in [0.5, 0.6) is 5.75 Å². The van der Waals surface area contributed by atoms with Crippen molar-refractivity contribution < 1.29 is 4.74 Å². The Kier molecular flexibility index (Phi) is 3.11. The molecule has 76 valence electrons. The molecule has 0 bridgehead atoms. The Hall–Kier alpha value is -1.09. The van der Waals surface area contributed by atoms with Gasteiger partial charge in [-0.1, -0.05) is 32.9 Å². The van der Waals surface area contributed by atoms with Gasteiger partial charge in [-0.2, -0.15) is 0 Å². The second kappa shape index (κ2) is 3.96. The van der Waals surface area contributed by atoms with Gasteiger partial charge in [-0.3, -0.25) is 0 Å². The first kappa shape index (κ1) is 11.0. The van der Waals surface area contributed by atoms with Gasteiger partial charge in [-0.05, 0) is 35.3 Å². The van der Waals surface area contributed by atoms with E-state index < -0.39 is 0 Å². The molecule has 0 heterocycles. The number of rotatable bonds is 1. The van der Waals surface area contributed by atoms with Crippen LogP contribution < -0.4 is 10.5 Å². The van der Waals surface area contributed by atoms with E-state index in [4.69, 9.17) is 10.5 Å². The number of nitrogens with two attached hydrogens (primary N) is 1. The van der Waals surface area contributed by atoms with Crippen LogP contribution in [0.2, 0.25) is 0 Å². The molecule has 0 saturated carbocycles. The summed E-state index contributed by atoms with van der Waals surface area (Å²) in [5, 5.41) is 0.0519. The molecule has 3 heteroatoms. The summed E-state index contributed by atoms with van der Waals surface area (Å²) in [5.41, 5.74) is 6.60. The van der Waals surface area contributed by atoms with E-state index in [1.807, 2.05) is 18.2 Å². The molecule has 1 aromatic rings. The minimum Gasteiger partial charge on any atom is -0.432 e. The number of ether oxygens (including phenoxy) is 1. The fourth-order valence-electron chi connectivity index (χ4n) is 1.14. The Morgan fingerprint density at radius 2 is 2.00 bits per heavy atom. The predicted octanol–water partition coefficient (Wildman–Crippen LogP) is 2.61. The molecule has 0 saturated heterocycles. The lowest BCUT2D eigenvalue weighted by Gasteiger charge is -2.19. The Balaban J connectivity index is 2.95. The summed E-state index contributed by atoms with van der Waals surface area (Å²) in [6, 6.07) is 7.80. The third-order valence-electron chi connectivity index (χ3n) is 1.92. The van der Waals surface area contributed by atoms with E-state index >= 15 is 0 Å². The third-order valence-corrected chi connectivity index (χ3v) is 2.00. The molecule has 14 heavy (non-hydrogen) atoms. The monoisotopic (exact) mass is 209 g/mol. The lowest BCUT2D eigenvalue weighted by Crippen LogP contribution is -2.17. The zero-order valence-electron chi connectivity index (χ0n) is 8.70. The Morgan fingerprint density at radius 1 is 1.36 bits per heavy atom. The van der Waals surface area contributed by atoms with Gasteiger partial charge in [0.1, 0.15) is 5.75 Å². The van der Waals surface area contributed by atoms with E-state index in [0.29, 0.717) is 5.75 Å². The van der Waals surface area contributed by atoms with E-state index in [9.17, 15) is 0 Å². The van der Waals surface area contributed by atoms with Gasteiger partial charge >= 0.3 is 0 Å². The summed E-state index contributed by atoms with van der Waals surface area (Å²) in [7, 11) is 0. The van der Waals surface area contributed by atoms with Crippen molar-refractivity contribution in [1.82, 2.24) is 0 Å². The molecule has 0 aromatic heterocycles. The second-order valence-corrected chi connectivity index (χ2v) is 4.60. The zero-order chi connectivity index (χ0) is 10.8. The van der Waals surface area contributed by atoms with Crippen molar-refractivity contribution in [1.29, 1.82) is 0 Å². The van der Waals surface area contributed by atoms with Crippen molar-refractivity contribution in [2.24, 2.45) is 5.73 Å². The summed E-state index contributed by atoms with van der Waals surface area (Å²) < 4.78 is 5.16. The molecule has 0 atom stereocenters. The molecule has 0 amide bonds. The summed E-state index contributed by atoms with van der Waals surface area (Å²) >= 11 is 4.67. The molecule has 0 fully saturated rings. The van der Waals surface area contributed by atoms with Crippen molar-refractivity contribution in [2.75, 3.05) is 0 Å². The Labute approximate surface area is 90.1 Å². The van der Waals surface area contributed by atoms with Crippen molar-refractivity contribution in [3.8, 4) is 5.75 Å². The number of hydrogen-bond donors (Lipinski definition) is 1. The van der Waals surface area contributed by atoms with Gasteiger partial charge in [0.2, 0.25) is 0 Å². The van der Waals surface area contributed by atoms with Gasteiger partial charge in [0.15, 0.2) is 0 Å². The largest absolute Gasteiger partial charge is 0.432 e. The van der Waals surface area contributed by atoms with Crippen LogP contribution in [0.4, 0.5) is 0 Å². The zero-order valence-corrected chi connectivity index (χ0v) is 9.52. The van der Waals surface area contributed by atoms with E-state index in [1.54, 1.807) is 0 Å². The fraction of sp³-hybridized carbons (Fsp3) is 0.364. The van der Waals surface area contributed by atoms with E-state index in [-0.39, 0.29) is 10.6 Å². The van der Waals surface area contributed by atoms with Crippen LogP contribution in [0.3, 0.4) is 0 Å². The average Bonchev–Trinajstić information content (AvgIpc) is 2.01. The predicted molar refractivity (Wildman–Crippen MR) is 62.6 cm³/mol. The first-order valence-corrected chi connectivity index (χ1v) is 4.88. The molecular formula is C11H15NOS. The number of thiocarbonyl (C=S) groups is 1. The molecular weight excluding hydrogens is 194 g/mol. The highest BCUT2D eigenvalue weighted by Gasteiger charge is 2.13. The summed E-state index contributed by atoms with van der Waals surface area (Å²) in [6.45, 7) is 6.44. The molecule has 0 aliphatic carbocycles. The maximum Gasteiger partial charge on any atom is 0.259 e. The first-order chi connectivity index (χ1) is 6.39. The highest BCUT2D eigenvalue weighted by atomic mass is 32.1. The quantitative estimate of drug-likeness (QED) is 0.722. The maximum atomic E-state index is 5.29. The second-order valence-electron chi connectivity index (χ2n) is 4.20.